The number of carboxylic acid groups (broad SMARTS) is 1. The molecule has 2 N–H and O–H groups in total. The van der Waals surface area contributed by atoms with Crippen LogP contribution in [0, 0.1) is 5.82 Å². The highest BCUT2D eigenvalue weighted by Crippen LogP contribution is 2.42. The maximum atomic E-state index is 14.8. The lowest BCUT2D eigenvalue weighted by molar-refractivity contribution is 0.0694. The highest BCUT2D eigenvalue weighted by Gasteiger charge is 2.32. The van der Waals surface area contributed by atoms with E-state index in [0.717, 1.165) is 0 Å². The summed E-state index contributed by atoms with van der Waals surface area (Å²) in [5, 5.41) is 19.3. The number of aliphatic hydroxyl groups excluding tert-OH is 1. The number of ether oxygens (including phenoxy) is 1. The second-order valence-corrected chi connectivity index (χ2v) is 6.56. The van der Waals surface area contributed by atoms with E-state index in [9.17, 15) is 24.2 Å². The Hall–Kier alpha value is -2.61. The van der Waals surface area contributed by atoms with Crippen molar-refractivity contribution in [3.63, 3.8) is 0 Å². The molecule has 0 unspecified atom stereocenters. The van der Waals surface area contributed by atoms with Crippen LogP contribution in [0.25, 0.3) is 10.9 Å². The van der Waals surface area contributed by atoms with E-state index in [1.807, 2.05) is 0 Å². The smallest absolute Gasteiger partial charge is 0.341 e. The van der Waals surface area contributed by atoms with Gasteiger partial charge in [-0.1, -0.05) is 0 Å². The van der Waals surface area contributed by atoms with Crippen molar-refractivity contribution in [2.75, 3.05) is 24.6 Å². The first-order valence-corrected chi connectivity index (χ1v) is 8.09. The summed E-state index contributed by atoms with van der Waals surface area (Å²) in [5.74, 6) is -1.67. The lowest BCUT2D eigenvalue weighted by atomic mass is 10.1. The third kappa shape index (κ3) is 2.28. The zero-order valence-corrected chi connectivity index (χ0v) is 13.5. The van der Waals surface area contributed by atoms with Crippen LogP contribution in [-0.2, 0) is 0 Å². The van der Waals surface area contributed by atoms with Crippen molar-refractivity contribution in [2.24, 2.45) is 0 Å². The molecule has 1 aromatic heterocycles. The molecule has 7 nitrogen and oxygen atoms in total. The fraction of sp³-hybridized carbons (Fsp3) is 0.412. The molecular formula is C17H17FN2O5. The van der Waals surface area contributed by atoms with Gasteiger partial charge in [-0.05, 0) is 25.5 Å². The maximum absolute atomic E-state index is 14.8. The summed E-state index contributed by atoms with van der Waals surface area (Å²) in [6, 6.07) is 2.04. The first-order valence-electron chi connectivity index (χ1n) is 8.09. The topological polar surface area (TPSA) is 92.0 Å². The van der Waals surface area contributed by atoms with Gasteiger partial charge in [-0.3, -0.25) is 9.36 Å². The number of anilines is 1. The van der Waals surface area contributed by atoms with Crippen LogP contribution >= 0.6 is 0 Å². The highest BCUT2D eigenvalue weighted by atomic mass is 19.1. The molecule has 0 aliphatic carbocycles. The predicted molar refractivity (Wildman–Crippen MR) is 88.2 cm³/mol. The normalized spacial score (nSPS) is 22.3. The molecular weight excluding hydrogens is 331 g/mol. The number of carbonyl (C=O) groups is 1. The molecule has 2 aliphatic rings. The molecule has 25 heavy (non-hydrogen) atoms. The molecule has 8 heteroatoms. The number of aromatic carboxylic acids is 1. The zero-order valence-electron chi connectivity index (χ0n) is 13.5. The number of rotatable bonds is 2. The number of benzene rings is 1. The number of hydrogen-bond acceptors (Lipinski definition) is 5. The fourth-order valence-electron chi connectivity index (χ4n) is 3.66. The molecule has 2 aliphatic heterocycles. The largest absolute Gasteiger partial charge is 0.487 e. The van der Waals surface area contributed by atoms with E-state index in [2.05, 4.69) is 0 Å². The molecule has 0 radical (unpaired) electrons. The first-order chi connectivity index (χ1) is 11.9. The number of nitrogens with zero attached hydrogens (tertiary/aromatic N) is 2. The number of pyridine rings is 1. The molecule has 4 rings (SSSR count). The summed E-state index contributed by atoms with van der Waals surface area (Å²) in [7, 11) is 0. The highest BCUT2D eigenvalue weighted by molar-refractivity contribution is 5.97. The number of aromatic nitrogens is 1. The van der Waals surface area contributed by atoms with Gasteiger partial charge < -0.3 is 19.8 Å². The second kappa shape index (κ2) is 5.45. The van der Waals surface area contributed by atoms with E-state index in [-0.39, 0.29) is 30.6 Å². The molecule has 3 heterocycles. The van der Waals surface area contributed by atoms with Crippen molar-refractivity contribution in [2.45, 2.75) is 25.5 Å². The lowest BCUT2D eigenvalue weighted by Gasteiger charge is -2.30. The van der Waals surface area contributed by atoms with E-state index < -0.39 is 29.0 Å². The Labute approximate surface area is 141 Å². The summed E-state index contributed by atoms with van der Waals surface area (Å²) in [6.45, 7) is 2.65. The summed E-state index contributed by atoms with van der Waals surface area (Å²) < 4.78 is 21.9. The van der Waals surface area contributed by atoms with Crippen molar-refractivity contribution in [1.29, 1.82) is 0 Å². The number of carboxylic acids is 1. The molecule has 1 saturated heterocycles. The van der Waals surface area contributed by atoms with Crippen LogP contribution in [-0.4, -0.2) is 46.5 Å². The molecule has 1 aromatic carbocycles. The summed E-state index contributed by atoms with van der Waals surface area (Å²) >= 11 is 0. The van der Waals surface area contributed by atoms with Gasteiger partial charge in [0.25, 0.3) is 5.56 Å². The van der Waals surface area contributed by atoms with E-state index in [1.54, 1.807) is 11.8 Å². The number of aliphatic hydroxyl groups is 1. The van der Waals surface area contributed by atoms with Gasteiger partial charge in [0.1, 0.15) is 17.9 Å². The average molecular weight is 348 g/mol. The standard InChI is InChI=1S/C17H17FN2O5/c1-8-7-25-15-13-9(4-11(17(23)24)16(22)20(8)13)5-12(18)14(15)19-3-2-10(21)6-19/h4-5,8,10,21H,2-3,6-7H2,1H3,(H,23,24)/t8-,10-/m0/s1. The van der Waals surface area contributed by atoms with Gasteiger partial charge in [-0.2, -0.15) is 0 Å². The molecule has 132 valence electrons. The Morgan fingerprint density at radius 3 is 2.80 bits per heavy atom. The second-order valence-electron chi connectivity index (χ2n) is 6.56. The maximum Gasteiger partial charge on any atom is 0.341 e. The Balaban J connectivity index is 2.06. The molecule has 0 saturated carbocycles. The van der Waals surface area contributed by atoms with Gasteiger partial charge in [-0.15, -0.1) is 0 Å². The number of halogens is 1. The number of β-amino-alcohol motifs (C(OH)–C–C–N with tert-alkyl or cyclic N) is 1. The minimum absolute atomic E-state index is 0.137. The molecule has 0 bridgehead atoms. The summed E-state index contributed by atoms with van der Waals surface area (Å²) in [5.41, 5.74) is -0.411. The SMILES string of the molecule is C[C@H]1COc2c(N3CC[C@H](O)C3)c(F)cc3cc(C(=O)O)c(=O)n1c23. The Morgan fingerprint density at radius 2 is 2.16 bits per heavy atom. The van der Waals surface area contributed by atoms with Crippen LogP contribution in [0.5, 0.6) is 5.75 Å². The van der Waals surface area contributed by atoms with Crippen molar-refractivity contribution >= 4 is 22.6 Å². The third-order valence-corrected chi connectivity index (χ3v) is 4.82. The van der Waals surface area contributed by atoms with Crippen LogP contribution in [0.4, 0.5) is 10.1 Å². The van der Waals surface area contributed by atoms with Crippen LogP contribution in [0.2, 0.25) is 0 Å². The minimum atomic E-state index is -1.34. The van der Waals surface area contributed by atoms with Gasteiger partial charge in [-0.25, -0.2) is 9.18 Å². The van der Waals surface area contributed by atoms with E-state index in [0.29, 0.717) is 23.9 Å². The van der Waals surface area contributed by atoms with Gasteiger partial charge in [0.05, 0.1) is 17.7 Å². The minimum Gasteiger partial charge on any atom is -0.487 e. The Bertz CT molecular complexity index is 954. The van der Waals surface area contributed by atoms with Crippen molar-refractivity contribution in [3.8, 4) is 5.75 Å². The lowest BCUT2D eigenvalue weighted by Crippen LogP contribution is -2.35. The van der Waals surface area contributed by atoms with Crippen LogP contribution in [0.1, 0.15) is 29.7 Å². The van der Waals surface area contributed by atoms with E-state index in [1.165, 1.54) is 16.7 Å². The summed E-state index contributed by atoms with van der Waals surface area (Å²) in [4.78, 5) is 25.7. The van der Waals surface area contributed by atoms with Crippen LogP contribution in [0.15, 0.2) is 16.9 Å². The first kappa shape index (κ1) is 15.9. The van der Waals surface area contributed by atoms with Crippen molar-refractivity contribution in [1.82, 2.24) is 4.57 Å². The van der Waals surface area contributed by atoms with Crippen LogP contribution in [0.3, 0.4) is 0 Å². The monoisotopic (exact) mass is 348 g/mol. The Kier molecular flexibility index (Phi) is 3.47. The Morgan fingerprint density at radius 1 is 1.40 bits per heavy atom. The third-order valence-electron chi connectivity index (χ3n) is 4.82. The van der Waals surface area contributed by atoms with Gasteiger partial charge in [0, 0.05) is 18.5 Å². The van der Waals surface area contributed by atoms with Gasteiger partial charge in [0.15, 0.2) is 11.6 Å². The summed E-state index contributed by atoms with van der Waals surface area (Å²) in [6.07, 6.45) is -0.0145. The van der Waals surface area contributed by atoms with Crippen LogP contribution < -0.4 is 15.2 Å². The predicted octanol–water partition coefficient (Wildman–Crippen LogP) is 1.36. The molecule has 2 aromatic rings. The molecule has 2 atom stereocenters. The molecule has 0 amide bonds. The van der Waals surface area contributed by atoms with Crippen molar-refractivity contribution < 1.29 is 24.1 Å². The average Bonchev–Trinajstić information content (AvgIpc) is 2.97. The van der Waals surface area contributed by atoms with E-state index >= 15 is 0 Å². The number of hydrogen-bond donors (Lipinski definition) is 2. The fourth-order valence-corrected chi connectivity index (χ4v) is 3.66. The molecule has 1 fully saturated rings. The molecule has 0 spiro atoms. The quantitative estimate of drug-likeness (QED) is 0.852. The zero-order chi connectivity index (χ0) is 17.9. The van der Waals surface area contributed by atoms with Gasteiger partial charge >= 0.3 is 5.97 Å². The van der Waals surface area contributed by atoms with E-state index in [4.69, 9.17) is 4.74 Å². The van der Waals surface area contributed by atoms with Gasteiger partial charge in [0.2, 0.25) is 0 Å². The van der Waals surface area contributed by atoms with Crippen molar-refractivity contribution in [3.05, 3.63) is 33.9 Å².